The second kappa shape index (κ2) is 7.80. The molecular weight excluding hydrogens is 406 g/mol. The lowest BCUT2D eigenvalue weighted by atomic mass is 10.2. The molecule has 0 saturated carbocycles. The summed E-state index contributed by atoms with van der Waals surface area (Å²) in [5.41, 5.74) is 6.69. The number of halogens is 1. The number of carboxylic acid groups (broad SMARTS) is 1. The molecule has 0 saturated heterocycles. The summed E-state index contributed by atoms with van der Waals surface area (Å²) < 4.78 is 33.1. The molecule has 2 aromatic carbocycles. The van der Waals surface area contributed by atoms with Crippen LogP contribution in [0.3, 0.4) is 0 Å². The molecule has 28 heavy (non-hydrogen) atoms. The number of nitrogen functional groups attached to an aromatic ring is 1. The third kappa shape index (κ3) is 4.54. The van der Waals surface area contributed by atoms with E-state index in [9.17, 15) is 13.2 Å². The molecule has 10 heteroatoms. The number of oxazole rings is 1. The van der Waals surface area contributed by atoms with Crippen LogP contribution < -0.4 is 10.5 Å². The number of nitrogens with two attached hydrogens (primary N) is 1. The van der Waals surface area contributed by atoms with Crippen LogP contribution in [-0.2, 0) is 14.8 Å². The first kappa shape index (κ1) is 19.5. The molecule has 8 nitrogen and oxygen atoms in total. The van der Waals surface area contributed by atoms with Gasteiger partial charge in [-0.2, -0.15) is 4.98 Å². The van der Waals surface area contributed by atoms with Gasteiger partial charge in [-0.05, 0) is 30.3 Å². The predicted molar refractivity (Wildman–Crippen MR) is 104 cm³/mol. The van der Waals surface area contributed by atoms with Gasteiger partial charge in [-0.1, -0.05) is 23.4 Å². The zero-order valence-electron chi connectivity index (χ0n) is 14.3. The summed E-state index contributed by atoms with van der Waals surface area (Å²) in [5, 5.41) is 9.03. The average Bonchev–Trinajstić information content (AvgIpc) is 2.99. The van der Waals surface area contributed by atoms with E-state index < -0.39 is 16.0 Å². The van der Waals surface area contributed by atoms with E-state index in [1.165, 1.54) is 36.4 Å². The van der Waals surface area contributed by atoms with Crippen LogP contribution in [0.4, 0.5) is 11.7 Å². The lowest BCUT2D eigenvalue weighted by Gasteiger charge is -2.10. The molecule has 1 aromatic heterocycles. The van der Waals surface area contributed by atoms with Crippen LogP contribution in [0.1, 0.15) is 18.4 Å². The molecule has 0 aliphatic heterocycles. The van der Waals surface area contributed by atoms with Gasteiger partial charge in [-0.15, -0.1) is 0 Å². The van der Waals surface area contributed by atoms with E-state index >= 15 is 0 Å². The molecular formula is C18H14ClN3O5S. The first-order valence-electron chi connectivity index (χ1n) is 7.94. The Labute approximate surface area is 165 Å². The molecule has 1 heterocycles. The van der Waals surface area contributed by atoms with Crippen molar-refractivity contribution in [3.05, 3.63) is 47.0 Å². The molecule has 4 N–H and O–H groups in total. The van der Waals surface area contributed by atoms with Crippen LogP contribution in [0.5, 0.6) is 0 Å². The summed E-state index contributed by atoms with van der Waals surface area (Å²) >= 11 is 5.97. The van der Waals surface area contributed by atoms with Crippen molar-refractivity contribution in [2.45, 2.75) is 17.7 Å². The summed E-state index contributed by atoms with van der Waals surface area (Å²) in [6.07, 6.45) is 0.00652. The second-order valence-corrected chi connectivity index (χ2v) is 7.79. The molecule has 3 aromatic rings. The summed E-state index contributed by atoms with van der Waals surface area (Å²) in [5.74, 6) is 4.47. The highest BCUT2D eigenvalue weighted by Crippen LogP contribution is 2.25. The first-order valence-corrected chi connectivity index (χ1v) is 9.80. The monoisotopic (exact) mass is 419 g/mol. The van der Waals surface area contributed by atoms with Gasteiger partial charge in [0, 0.05) is 17.5 Å². The second-order valence-electron chi connectivity index (χ2n) is 5.67. The van der Waals surface area contributed by atoms with Crippen molar-refractivity contribution >= 4 is 50.4 Å². The zero-order chi connectivity index (χ0) is 20.3. The molecule has 0 aliphatic rings. The number of carbonyl (C=O) groups is 1. The largest absolute Gasteiger partial charge is 0.481 e. The highest BCUT2D eigenvalue weighted by atomic mass is 35.5. The van der Waals surface area contributed by atoms with Crippen LogP contribution in [0.2, 0.25) is 5.02 Å². The van der Waals surface area contributed by atoms with Gasteiger partial charge in [-0.3, -0.25) is 9.52 Å². The SMILES string of the molecule is Nc1nc2ccc(S(=O)(=O)Nc3ccc(Cl)cc3C#CCCC(=O)O)cc2o1. The van der Waals surface area contributed by atoms with Gasteiger partial charge in [0.1, 0.15) is 5.52 Å². The van der Waals surface area contributed by atoms with Crippen LogP contribution in [0.25, 0.3) is 11.1 Å². The van der Waals surface area contributed by atoms with Crippen LogP contribution in [0, 0.1) is 11.8 Å². The standard InChI is InChI=1S/C18H14ClN3O5S/c19-12-5-7-14(11(9-12)3-1-2-4-17(23)24)22-28(25,26)13-6-8-15-16(10-13)27-18(20)21-15/h5-10,22H,2,4H2,(H2,20,21)(H,23,24). The van der Waals surface area contributed by atoms with E-state index in [0.717, 1.165) is 0 Å². The number of rotatable bonds is 5. The lowest BCUT2D eigenvalue weighted by molar-refractivity contribution is -0.136. The fraction of sp³-hybridized carbons (Fsp3) is 0.111. The number of fused-ring (bicyclic) bond motifs is 1. The van der Waals surface area contributed by atoms with Crippen molar-refractivity contribution in [2.24, 2.45) is 0 Å². The zero-order valence-corrected chi connectivity index (χ0v) is 15.8. The summed E-state index contributed by atoms with van der Waals surface area (Å²) in [6, 6.07) is 8.60. The third-order valence-electron chi connectivity index (χ3n) is 3.60. The number of hydrogen-bond acceptors (Lipinski definition) is 6. The average molecular weight is 420 g/mol. The predicted octanol–water partition coefficient (Wildman–Crippen LogP) is 3.08. The smallest absolute Gasteiger partial charge is 0.304 e. The van der Waals surface area contributed by atoms with Gasteiger partial charge in [0.2, 0.25) is 0 Å². The van der Waals surface area contributed by atoms with Crippen LogP contribution >= 0.6 is 11.6 Å². The molecule has 0 atom stereocenters. The van der Waals surface area contributed by atoms with Gasteiger partial charge in [-0.25, -0.2) is 8.42 Å². The maximum atomic E-state index is 12.7. The Kier molecular flexibility index (Phi) is 5.44. The minimum atomic E-state index is -3.96. The Bertz CT molecular complexity index is 1220. The highest BCUT2D eigenvalue weighted by Gasteiger charge is 2.18. The van der Waals surface area contributed by atoms with E-state index in [2.05, 4.69) is 21.5 Å². The maximum absolute atomic E-state index is 12.7. The topological polar surface area (TPSA) is 136 Å². The number of benzene rings is 2. The van der Waals surface area contributed by atoms with Crippen molar-refractivity contribution in [1.82, 2.24) is 4.98 Å². The van der Waals surface area contributed by atoms with E-state index in [1.807, 2.05) is 0 Å². The Balaban J connectivity index is 1.91. The fourth-order valence-corrected chi connectivity index (χ4v) is 3.60. The Hall–Kier alpha value is -3.22. The summed E-state index contributed by atoms with van der Waals surface area (Å²) in [6.45, 7) is 0. The quantitative estimate of drug-likeness (QED) is 0.540. The van der Waals surface area contributed by atoms with Gasteiger partial charge in [0.25, 0.3) is 16.0 Å². The molecule has 0 aliphatic carbocycles. The van der Waals surface area contributed by atoms with Crippen molar-refractivity contribution in [3.63, 3.8) is 0 Å². The summed E-state index contributed by atoms with van der Waals surface area (Å²) in [7, 11) is -3.96. The van der Waals surface area contributed by atoms with Crippen molar-refractivity contribution in [2.75, 3.05) is 10.5 Å². The van der Waals surface area contributed by atoms with Gasteiger partial charge in [0.15, 0.2) is 5.58 Å². The summed E-state index contributed by atoms with van der Waals surface area (Å²) in [4.78, 5) is 14.4. The fourth-order valence-electron chi connectivity index (χ4n) is 2.33. The number of anilines is 2. The molecule has 0 fully saturated rings. The number of hydrogen-bond donors (Lipinski definition) is 3. The molecule has 144 valence electrons. The van der Waals surface area contributed by atoms with Crippen LogP contribution in [-0.4, -0.2) is 24.5 Å². The van der Waals surface area contributed by atoms with E-state index in [1.54, 1.807) is 0 Å². The molecule has 3 rings (SSSR count). The lowest BCUT2D eigenvalue weighted by Crippen LogP contribution is -2.13. The van der Waals surface area contributed by atoms with Crippen molar-refractivity contribution < 1.29 is 22.7 Å². The molecule has 0 radical (unpaired) electrons. The number of sulfonamides is 1. The number of aromatic nitrogens is 1. The Morgan fingerprint density at radius 2 is 2.07 bits per heavy atom. The number of nitrogens with zero attached hydrogens (tertiary/aromatic N) is 1. The van der Waals surface area contributed by atoms with Crippen molar-refractivity contribution in [3.8, 4) is 11.8 Å². The number of aliphatic carboxylic acids is 1. The van der Waals surface area contributed by atoms with E-state index in [-0.39, 0.29) is 35.0 Å². The molecule has 0 amide bonds. The van der Waals surface area contributed by atoms with Gasteiger partial charge < -0.3 is 15.3 Å². The third-order valence-corrected chi connectivity index (χ3v) is 5.20. The number of carboxylic acids is 1. The van der Waals surface area contributed by atoms with Crippen LogP contribution in [0.15, 0.2) is 45.7 Å². The minimum absolute atomic E-state index is 0.0455. The minimum Gasteiger partial charge on any atom is -0.481 e. The normalized spacial score (nSPS) is 11.0. The van der Waals surface area contributed by atoms with Crippen molar-refractivity contribution in [1.29, 1.82) is 0 Å². The first-order chi connectivity index (χ1) is 13.2. The Morgan fingerprint density at radius 3 is 2.82 bits per heavy atom. The Morgan fingerprint density at radius 1 is 1.29 bits per heavy atom. The number of nitrogens with one attached hydrogen (secondary N) is 1. The van der Waals surface area contributed by atoms with E-state index in [4.69, 9.17) is 26.9 Å². The highest BCUT2D eigenvalue weighted by molar-refractivity contribution is 7.92. The van der Waals surface area contributed by atoms with E-state index in [0.29, 0.717) is 16.1 Å². The molecule has 0 bridgehead atoms. The molecule has 0 unspecified atom stereocenters. The maximum Gasteiger partial charge on any atom is 0.304 e. The molecule has 0 spiro atoms. The van der Waals surface area contributed by atoms with Gasteiger partial charge >= 0.3 is 5.97 Å². The van der Waals surface area contributed by atoms with Gasteiger partial charge in [0.05, 0.1) is 22.6 Å².